The minimum atomic E-state index is -0.674. The molecule has 0 bridgehead atoms. The highest BCUT2D eigenvalue weighted by Crippen LogP contribution is 2.39. The van der Waals surface area contributed by atoms with Crippen molar-refractivity contribution in [1.82, 2.24) is 0 Å². The average molecular weight is 464 g/mol. The highest BCUT2D eigenvalue weighted by Gasteiger charge is 2.28. The van der Waals surface area contributed by atoms with Crippen molar-refractivity contribution in [2.24, 2.45) is 4.99 Å². The predicted molar refractivity (Wildman–Crippen MR) is 99.0 cm³/mol. The second-order valence-electron chi connectivity index (χ2n) is 5.34. The van der Waals surface area contributed by atoms with Crippen molar-refractivity contribution < 1.29 is 23.9 Å². The number of rotatable bonds is 3. The van der Waals surface area contributed by atoms with Gasteiger partial charge in [-0.25, -0.2) is 9.79 Å². The van der Waals surface area contributed by atoms with E-state index in [1.165, 1.54) is 18.2 Å². The molecule has 2 aliphatic rings. The molecule has 26 heavy (non-hydrogen) atoms. The Labute approximate surface area is 160 Å². The van der Waals surface area contributed by atoms with Crippen molar-refractivity contribution in [2.75, 3.05) is 6.79 Å². The molecule has 0 fully saturated rings. The fourth-order valence-electron chi connectivity index (χ4n) is 2.53. The normalized spacial score (nSPS) is 16.6. The lowest BCUT2D eigenvalue weighted by Crippen LogP contribution is -2.06. The van der Waals surface area contributed by atoms with Crippen molar-refractivity contribution in [2.45, 2.75) is 0 Å². The Hall–Kier alpha value is -2.95. The zero-order valence-corrected chi connectivity index (χ0v) is 15.1. The van der Waals surface area contributed by atoms with Crippen LogP contribution in [-0.4, -0.2) is 23.6 Å². The molecule has 0 unspecified atom stereocenters. The van der Waals surface area contributed by atoms with Crippen molar-refractivity contribution in [3.63, 3.8) is 0 Å². The van der Waals surface area contributed by atoms with E-state index in [2.05, 4.69) is 27.6 Å². The van der Waals surface area contributed by atoms with Gasteiger partial charge in [0.1, 0.15) is 0 Å². The molecule has 2 aliphatic heterocycles. The first-order valence-corrected chi connectivity index (χ1v) is 8.46. The second-order valence-corrected chi connectivity index (χ2v) is 6.50. The third kappa shape index (κ3) is 2.90. The Bertz CT molecular complexity index is 1010. The highest BCUT2D eigenvalue weighted by atomic mass is 127. The first kappa shape index (κ1) is 16.5. The average Bonchev–Trinajstić information content (AvgIpc) is 3.21. The number of halogens is 1. The smallest absolute Gasteiger partial charge is 0.363 e. The summed E-state index contributed by atoms with van der Waals surface area (Å²) in [7, 11) is 0. The van der Waals surface area contributed by atoms with Gasteiger partial charge in [0.05, 0.1) is 22.1 Å². The number of ether oxygens (including phenoxy) is 3. The maximum Gasteiger partial charge on any atom is 0.363 e. The van der Waals surface area contributed by atoms with Crippen LogP contribution in [0.15, 0.2) is 47.1 Å². The molecule has 0 amide bonds. The molecule has 2 aromatic rings. The summed E-state index contributed by atoms with van der Waals surface area (Å²) in [6.45, 7) is -0.0106. The summed E-state index contributed by atoms with van der Waals surface area (Å²) in [5, 5.41) is 11.3. The summed E-state index contributed by atoms with van der Waals surface area (Å²) in [5.74, 6) is 0.146. The fourth-order valence-corrected chi connectivity index (χ4v) is 3.15. The number of aliphatic imine (C=N–C) groups is 1. The zero-order valence-electron chi connectivity index (χ0n) is 13.0. The van der Waals surface area contributed by atoms with E-state index in [-0.39, 0.29) is 35.4 Å². The lowest BCUT2D eigenvalue weighted by Gasteiger charge is -2.01. The number of esters is 1. The number of hydrogen-bond acceptors (Lipinski definition) is 7. The number of benzene rings is 2. The molecule has 0 aromatic heterocycles. The molecule has 0 saturated carbocycles. The van der Waals surface area contributed by atoms with Crippen LogP contribution in [-0.2, 0) is 9.53 Å². The molecule has 130 valence electrons. The van der Waals surface area contributed by atoms with Gasteiger partial charge in [-0.3, -0.25) is 10.1 Å². The Morgan fingerprint density at radius 3 is 2.65 bits per heavy atom. The topological polar surface area (TPSA) is 100 Å². The van der Waals surface area contributed by atoms with Gasteiger partial charge in [-0.1, -0.05) is 12.1 Å². The Morgan fingerprint density at radius 2 is 1.92 bits per heavy atom. The summed E-state index contributed by atoms with van der Waals surface area (Å²) < 4.78 is 16.5. The SMILES string of the molecule is O=C1OC(c2ccccc2I)=NC1=Cc1cc2c(cc1[N+](=O)[O-])OCO2. The molecular formula is C17H9IN2O6. The number of nitro groups is 1. The number of carbonyl (C=O) groups excluding carboxylic acids is 1. The number of cyclic esters (lactones) is 1. The molecule has 8 nitrogen and oxygen atoms in total. The lowest BCUT2D eigenvalue weighted by molar-refractivity contribution is -0.385. The first-order valence-electron chi connectivity index (χ1n) is 7.38. The van der Waals surface area contributed by atoms with Gasteiger partial charge in [0.25, 0.3) is 5.69 Å². The van der Waals surface area contributed by atoms with Gasteiger partial charge in [0.15, 0.2) is 17.2 Å². The van der Waals surface area contributed by atoms with E-state index in [0.717, 1.165) is 3.57 Å². The van der Waals surface area contributed by atoms with Crippen LogP contribution in [0, 0.1) is 13.7 Å². The van der Waals surface area contributed by atoms with Crippen molar-refractivity contribution in [3.8, 4) is 11.5 Å². The molecule has 0 atom stereocenters. The van der Waals surface area contributed by atoms with Crippen LogP contribution < -0.4 is 9.47 Å². The Kier molecular flexibility index (Phi) is 4.07. The van der Waals surface area contributed by atoms with Gasteiger partial charge in [-0.15, -0.1) is 0 Å². The number of nitrogens with zero attached hydrogens (tertiary/aromatic N) is 2. The van der Waals surface area contributed by atoms with E-state index in [9.17, 15) is 14.9 Å². The molecular weight excluding hydrogens is 455 g/mol. The van der Waals surface area contributed by atoms with Crippen molar-refractivity contribution in [3.05, 3.63) is 66.9 Å². The Balaban J connectivity index is 1.78. The van der Waals surface area contributed by atoms with Crippen LogP contribution in [0.4, 0.5) is 5.69 Å². The van der Waals surface area contributed by atoms with E-state index in [1.54, 1.807) is 12.1 Å². The minimum absolute atomic E-state index is 0.0106. The second kappa shape index (κ2) is 6.41. The van der Waals surface area contributed by atoms with Crippen LogP contribution in [0.3, 0.4) is 0 Å². The summed E-state index contributed by atoms with van der Waals surface area (Å²) in [6.07, 6.45) is 1.31. The molecule has 2 aromatic carbocycles. The fraction of sp³-hybridized carbons (Fsp3) is 0.0588. The monoisotopic (exact) mass is 464 g/mol. The zero-order chi connectivity index (χ0) is 18.3. The van der Waals surface area contributed by atoms with E-state index in [0.29, 0.717) is 11.3 Å². The van der Waals surface area contributed by atoms with E-state index < -0.39 is 10.9 Å². The van der Waals surface area contributed by atoms with Crippen LogP contribution in [0.2, 0.25) is 0 Å². The van der Waals surface area contributed by atoms with Crippen LogP contribution in [0.1, 0.15) is 11.1 Å². The summed E-state index contributed by atoms with van der Waals surface area (Å²) in [5.41, 5.74) is 0.609. The van der Waals surface area contributed by atoms with Crippen LogP contribution in [0.5, 0.6) is 11.5 Å². The van der Waals surface area contributed by atoms with Crippen molar-refractivity contribution >= 4 is 46.2 Å². The maximum atomic E-state index is 12.2. The summed E-state index contributed by atoms with van der Waals surface area (Å²) in [6, 6.07) is 10.0. The highest BCUT2D eigenvalue weighted by molar-refractivity contribution is 14.1. The van der Waals surface area contributed by atoms with Crippen LogP contribution in [0.25, 0.3) is 6.08 Å². The van der Waals surface area contributed by atoms with E-state index >= 15 is 0 Å². The largest absolute Gasteiger partial charge is 0.454 e. The quantitative estimate of drug-likeness (QED) is 0.227. The van der Waals surface area contributed by atoms with Gasteiger partial charge < -0.3 is 14.2 Å². The third-order valence-electron chi connectivity index (χ3n) is 3.74. The van der Waals surface area contributed by atoms with Gasteiger partial charge >= 0.3 is 5.97 Å². The lowest BCUT2D eigenvalue weighted by atomic mass is 10.1. The first-order chi connectivity index (χ1) is 12.5. The number of nitro benzene ring substituents is 1. The number of fused-ring (bicyclic) bond motifs is 1. The predicted octanol–water partition coefficient (Wildman–Crippen LogP) is 3.27. The molecule has 0 saturated heterocycles. The maximum absolute atomic E-state index is 12.2. The molecule has 0 radical (unpaired) electrons. The minimum Gasteiger partial charge on any atom is -0.454 e. The van der Waals surface area contributed by atoms with E-state index in [4.69, 9.17) is 14.2 Å². The molecule has 2 heterocycles. The summed E-state index contributed by atoms with van der Waals surface area (Å²) >= 11 is 2.11. The molecule has 0 N–H and O–H groups in total. The molecule has 4 rings (SSSR count). The third-order valence-corrected chi connectivity index (χ3v) is 4.68. The van der Waals surface area contributed by atoms with Gasteiger partial charge in [0, 0.05) is 3.57 Å². The number of carbonyl (C=O) groups is 1. The van der Waals surface area contributed by atoms with Gasteiger partial charge in [-0.05, 0) is 46.9 Å². The molecule has 0 aliphatic carbocycles. The van der Waals surface area contributed by atoms with E-state index in [1.807, 2.05) is 12.1 Å². The number of hydrogen-bond donors (Lipinski definition) is 0. The molecule has 9 heteroatoms. The standard InChI is InChI=1S/C17H9IN2O6/c18-11-4-2-1-3-10(11)16-19-12(17(21)26-16)5-9-6-14-15(25-8-24-14)7-13(9)20(22)23/h1-7H,8H2. The van der Waals surface area contributed by atoms with Gasteiger partial charge in [0.2, 0.25) is 12.7 Å². The summed E-state index contributed by atoms with van der Waals surface area (Å²) in [4.78, 5) is 27.1. The van der Waals surface area contributed by atoms with Crippen molar-refractivity contribution in [1.29, 1.82) is 0 Å². The Morgan fingerprint density at radius 1 is 1.19 bits per heavy atom. The molecule has 0 spiro atoms. The van der Waals surface area contributed by atoms with Gasteiger partial charge in [-0.2, -0.15) is 0 Å². The van der Waals surface area contributed by atoms with Crippen LogP contribution >= 0.6 is 22.6 Å².